The van der Waals surface area contributed by atoms with Gasteiger partial charge in [-0.15, -0.1) is 0 Å². The maximum Gasteiger partial charge on any atom is 0.214 e. The predicted octanol–water partition coefficient (Wildman–Crippen LogP) is 3.04. The Kier molecular flexibility index (Phi) is 6.66. The summed E-state index contributed by atoms with van der Waals surface area (Å²) in [6, 6.07) is 26.8. The van der Waals surface area contributed by atoms with Gasteiger partial charge in [-0.05, 0) is 17.7 Å². The number of nitrogens with two attached hydrogens (primary N) is 1. The Morgan fingerprint density at radius 3 is 2.07 bits per heavy atom. The van der Waals surface area contributed by atoms with Gasteiger partial charge in [-0.1, -0.05) is 72.8 Å². The lowest BCUT2D eigenvalue weighted by Gasteiger charge is -2.39. The van der Waals surface area contributed by atoms with Crippen molar-refractivity contribution >= 4 is 0 Å². The van der Waals surface area contributed by atoms with E-state index in [2.05, 4.69) is 5.32 Å². The van der Waals surface area contributed by atoms with Crippen molar-refractivity contribution in [2.75, 3.05) is 13.7 Å². The molecule has 5 nitrogen and oxygen atoms in total. The largest absolute Gasteiger partial charge is 0.493 e. The number of para-hydroxylation sites is 2. The molecule has 146 valence electrons. The molecule has 0 aliphatic heterocycles. The van der Waals surface area contributed by atoms with E-state index in [0.29, 0.717) is 18.0 Å². The number of hydrogen-bond acceptors (Lipinski definition) is 5. The van der Waals surface area contributed by atoms with Crippen molar-refractivity contribution in [3.05, 3.63) is 96.1 Å². The third-order valence-electron chi connectivity index (χ3n) is 4.63. The van der Waals surface area contributed by atoms with Gasteiger partial charge in [-0.25, -0.2) is 0 Å². The molecule has 0 bridgehead atoms. The van der Waals surface area contributed by atoms with E-state index in [-0.39, 0.29) is 6.54 Å². The van der Waals surface area contributed by atoms with E-state index in [1.807, 2.05) is 84.9 Å². The summed E-state index contributed by atoms with van der Waals surface area (Å²) < 4.78 is 11.9. The van der Waals surface area contributed by atoms with E-state index in [1.165, 1.54) is 0 Å². The van der Waals surface area contributed by atoms with Crippen molar-refractivity contribution < 1.29 is 14.6 Å². The topological polar surface area (TPSA) is 76.7 Å². The molecule has 0 radical (unpaired) electrons. The van der Waals surface area contributed by atoms with Gasteiger partial charge >= 0.3 is 0 Å². The van der Waals surface area contributed by atoms with Gasteiger partial charge in [0.2, 0.25) is 5.72 Å². The molecule has 0 aliphatic rings. The van der Waals surface area contributed by atoms with Crippen LogP contribution in [0.15, 0.2) is 84.9 Å². The molecule has 3 aromatic carbocycles. The minimum absolute atomic E-state index is 0.0197. The van der Waals surface area contributed by atoms with Gasteiger partial charge in [0.15, 0.2) is 11.5 Å². The first-order chi connectivity index (χ1) is 13.7. The lowest BCUT2D eigenvalue weighted by molar-refractivity contribution is -0.0825. The van der Waals surface area contributed by atoms with Crippen molar-refractivity contribution in [2.24, 2.45) is 5.73 Å². The molecule has 0 aromatic heterocycles. The molecule has 28 heavy (non-hydrogen) atoms. The second kappa shape index (κ2) is 9.37. The summed E-state index contributed by atoms with van der Waals surface area (Å²) in [6.45, 7) is 0.508. The fourth-order valence-corrected chi connectivity index (χ4v) is 3.13. The first-order valence-corrected chi connectivity index (χ1v) is 9.24. The second-order valence-electron chi connectivity index (χ2n) is 6.45. The van der Waals surface area contributed by atoms with Crippen LogP contribution in [0, 0.1) is 0 Å². The van der Waals surface area contributed by atoms with Gasteiger partial charge in [0.25, 0.3) is 0 Å². The van der Waals surface area contributed by atoms with Crippen LogP contribution in [0.5, 0.6) is 11.5 Å². The van der Waals surface area contributed by atoms with Gasteiger partial charge in [0, 0.05) is 18.7 Å². The van der Waals surface area contributed by atoms with Crippen molar-refractivity contribution in [2.45, 2.75) is 18.4 Å². The van der Waals surface area contributed by atoms with E-state index in [1.54, 1.807) is 7.11 Å². The summed E-state index contributed by atoms with van der Waals surface area (Å²) in [5.41, 5.74) is 6.48. The van der Waals surface area contributed by atoms with E-state index < -0.39 is 11.8 Å². The summed E-state index contributed by atoms with van der Waals surface area (Å²) in [5, 5.41) is 14.4. The lowest BCUT2D eigenvalue weighted by atomic mass is 9.95. The standard InChI is InChI=1S/C23H26N2O3/c1-27-20-14-8-9-15-21(20)28-23(22(26)16-24,19-12-6-3-7-13-19)25-17-18-10-4-2-5-11-18/h2-15,22,25-26H,16-17,24H2,1H3. The number of benzene rings is 3. The Morgan fingerprint density at radius 2 is 1.46 bits per heavy atom. The number of aliphatic hydroxyl groups excluding tert-OH is 1. The predicted molar refractivity (Wildman–Crippen MR) is 110 cm³/mol. The van der Waals surface area contributed by atoms with Crippen molar-refractivity contribution in [1.82, 2.24) is 5.32 Å². The highest BCUT2D eigenvalue weighted by Gasteiger charge is 2.42. The molecule has 0 fully saturated rings. The van der Waals surface area contributed by atoms with E-state index in [4.69, 9.17) is 15.2 Å². The number of rotatable bonds is 9. The molecule has 0 saturated carbocycles. The monoisotopic (exact) mass is 378 g/mol. The zero-order chi connectivity index (χ0) is 19.8. The molecule has 0 spiro atoms. The molecule has 0 heterocycles. The normalized spacial score (nSPS) is 14.1. The maximum absolute atomic E-state index is 11.0. The van der Waals surface area contributed by atoms with Crippen molar-refractivity contribution in [3.63, 3.8) is 0 Å². The van der Waals surface area contributed by atoms with Crippen LogP contribution >= 0.6 is 0 Å². The highest BCUT2D eigenvalue weighted by atomic mass is 16.6. The summed E-state index contributed by atoms with van der Waals surface area (Å²) in [5.74, 6) is 1.09. The van der Waals surface area contributed by atoms with E-state index in [9.17, 15) is 5.11 Å². The highest BCUT2D eigenvalue weighted by Crippen LogP contribution is 2.35. The summed E-state index contributed by atoms with van der Waals surface area (Å²) in [4.78, 5) is 0. The zero-order valence-electron chi connectivity index (χ0n) is 15.9. The Balaban J connectivity index is 2.04. The first kappa shape index (κ1) is 19.9. The summed E-state index contributed by atoms with van der Waals surface area (Å²) >= 11 is 0. The van der Waals surface area contributed by atoms with Gasteiger partial charge in [-0.3, -0.25) is 5.32 Å². The SMILES string of the molecule is COc1ccccc1OC(NCc1ccccc1)(c1ccccc1)C(O)CN. The number of aliphatic hydroxyl groups is 1. The third kappa shape index (κ3) is 4.34. The molecule has 3 rings (SSSR count). The Hall–Kier alpha value is -2.86. The van der Waals surface area contributed by atoms with Crippen LogP contribution in [0.2, 0.25) is 0 Å². The minimum atomic E-state index is -1.25. The van der Waals surface area contributed by atoms with E-state index >= 15 is 0 Å². The average molecular weight is 378 g/mol. The Morgan fingerprint density at radius 1 is 0.893 bits per heavy atom. The van der Waals surface area contributed by atoms with Crippen LogP contribution in [-0.4, -0.2) is 24.9 Å². The first-order valence-electron chi connectivity index (χ1n) is 9.24. The van der Waals surface area contributed by atoms with Crippen molar-refractivity contribution in [3.8, 4) is 11.5 Å². The zero-order valence-corrected chi connectivity index (χ0v) is 15.9. The van der Waals surface area contributed by atoms with Crippen molar-refractivity contribution in [1.29, 1.82) is 0 Å². The van der Waals surface area contributed by atoms with Gasteiger partial charge in [0.05, 0.1) is 7.11 Å². The molecule has 2 unspecified atom stereocenters. The lowest BCUT2D eigenvalue weighted by Crippen LogP contribution is -2.58. The fraction of sp³-hybridized carbons (Fsp3) is 0.217. The average Bonchev–Trinajstić information content (AvgIpc) is 2.77. The van der Waals surface area contributed by atoms with E-state index in [0.717, 1.165) is 11.1 Å². The Bertz CT molecular complexity index is 858. The quantitative estimate of drug-likeness (QED) is 0.499. The van der Waals surface area contributed by atoms with Crippen LogP contribution in [-0.2, 0) is 12.3 Å². The molecular weight excluding hydrogens is 352 g/mol. The van der Waals surface area contributed by atoms with Crippen LogP contribution < -0.4 is 20.5 Å². The molecule has 4 N–H and O–H groups in total. The highest BCUT2D eigenvalue weighted by molar-refractivity contribution is 5.41. The number of nitrogens with one attached hydrogen (secondary N) is 1. The Labute approximate surface area is 165 Å². The molecule has 0 amide bonds. The molecular formula is C23H26N2O3. The molecule has 0 saturated heterocycles. The van der Waals surface area contributed by atoms with Gasteiger partial charge < -0.3 is 20.3 Å². The molecule has 5 heteroatoms. The van der Waals surface area contributed by atoms with Crippen LogP contribution in [0.4, 0.5) is 0 Å². The van der Waals surface area contributed by atoms with Crippen LogP contribution in [0.25, 0.3) is 0 Å². The fourth-order valence-electron chi connectivity index (χ4n) is 3.13. The summed E-state index contributed by atoms with van der Waals surface area (Å²) in [6.07, 6.45) is -0.997. The van der Waals surface area contributed by atoms with Crippen LogP contribution in [0.1, 0.15) is 11.1 Å². The molecule has 2 atom stereocenters. The van der Waals surface area contributed by atoms with Gasteiger partial charge in [0.1, 0.15) is 6.10 Å². The van der Waals surface area contributed by atoms with Gasteiger partial charge in [-0.2, -0.15) is 0 Å². The minimum Gasteiger partial charge on any atom is -0.493 e. The summed E-state index contributed by atoms with van der Waals surface area (Å²) in [7, 11) is 1.59. The number of ether oxygens (including phenoxy) is 2. The maximum atomic E-state index is 11.0. The number of methoxy groups -OCH3 is 1. The molecule has 0 aliphatic carbocycles. The molecule has 3 aromatic rings. The third-order valence-corrected chi connectivity index (χ3v) is 4.63. The number of hydrogen-bond donors (Lipinski definition) is 3. The second-order valence-corrected chi connectivity index (χ2v) is 6.45. The van der Waals surface area contributed by atoms with Crippen LogP contribution in [0.3, 0.4) is 0 Å². The smallest absolute Gasteiger partial charge is 0.214 e.